The Bertz CT molecular complexity index is 238. The summed E-state index contributed by atoms with van der Waals surface area (Å²) in [5, 5.41) is 12.4. The zero-order valence-electron chi connectivity index (χ0n) is 6.96. The third-order valence-corrected chi connectivity index (χ3v) is 1.60. The largest absolute Gasteiger partial charge is 0.506 e. The molecule has 0 saturated carbocycles. The van der Waals surface area contributed by atoms with Gasteiger partial charge in [-0.15, -0.1) is 0 Å². The van der Waals surface area contributed by atoms with E-state index in [9.17, 15) is 5.11 Å². The van der Waals surface area contributed by atoms with E-state index in [-0.39, 0.29) is 5.75 Å². The first kappa shape index (κ1) is 8.87. The molecule has 1 aromatic rings. The highest BCUT2D eigenvalue weighted by Gasteiger charge is 1.95. The van der Waals surface area contributed by atoms with Crippen LogP contribution in [-0.4, -0.2) is 18.2 Å². The maximum atomic E-state index is 9.32. The maximum absolute atomic E-state index is 9.32. The highest BCUT2D eigenvalue weighted by molar-refractivity contribution is 5.54. The summed E-state index contributed by atoms with van der Waals surface area (Å²) in [6.07, 6.45) is 0.911. The van der Waals surface area contributed by atoms with E-state index in [0.29, 0.717) is 6.54 Å². The van der Waals surface area contributed by atoms with E-state index >= 15 is 0 Å². The van der Waals surface area contributed by atoms with E-state index < -0.39 is 0 Å². The first-order valence-electron chi connectivity index (χ1n) is 4.06. The van der Waals surface area contributed by atoms with Gasteiger partial charge in [-0.1, -0.05) is 12.1 Å². The molecule has 0 atom stereocenters. The number of nitrogens with one attached hydrogen (secondary N) is 1. The second-order valence-corrected chi connectivity index (χ2v) is 2.59. The van der Waals surface area contributed by atoms with Crippen LogP contribution in [0, 0.1) is 0 Å². The van der Waals surface area contributed by atoms with E-state index in [4.69, 9.17) is 5.73 Å². The Morgan fingerprint density at radius 2 is 2.08 bits per heavy atom. The summed E-state index contributed by atoms with van der Waals surface area (Å²) in [5.74, 6) is 0.287. The van der Waals surface area contributed by atoms with Gasteiger partial charge in [0.1, 0.15) is 5.75 Å². The summed E-state index contributed by atoms with van der Waals surface area (Å²) in [4.78, 5) is 0. The molecular weight excluding hydrogens is 152 g/mol. The van der Waals surface area contributed by atoms with Crippen molar-refractivity contribution in [2.45, 2.75) is 6.42 Å². The molecule has 66 valence electrons. The molecule has 0 unspecified atom stereocenters. The van der Waals surface area contributed by atoms with Gasteiger partial charge in [0.2, 0.25) is 0 Å². The molecule has 0 saturated heterocycles. The Morgan fingerprint density at radius 1 is 1.33 bits per heavy atom. The molecule has 3 nitrogen and oxygen atoms in total. The first-order chi connectivity index (χ1) is 5.84. The predicted octanol–water partition coefficient (Wildman–Crippen LogP) is 1.15. The van der Waals surface area contributed by atoms with Gasteiger partial charge in [0.05, 0.1) is 5.69 Å². The Kier molecular flexibility index (Phi) is 3.41. The molecule has 0 aliphatic heterocycles. The van der Waals surface area contributed by atoms with E-state index in [1.807, 2.05) is 12.1 Å². The molecule has 0 amide bonds. The lowest BCUT2D eigenvalue weighted by atomic mass is 10.3. The number of para-hydroxylation sites is 2. The Balaban J connectivity index is 2.46. The lowest BCUT2D eigenvalue weighted by Crippen LogP contribution is -2.08. The first-order valence-corrected chi connectivity index (χ1v) is 4.06. The second kappa shape index (κ2) is 4.62. The van der Waals surface area contributed by atoms with Gasteiger partial charge in [-0.2, -0.15) is 0 Å². The molecular formula is C9H14N2O. The minimum absolute atomic E-state index is 0.287. The molecule has 4 N–H and O–H groups in total. The highest BCUT2D eigenvalue weighted by Crippen LogP contribution is 2.20. The van der Waals surface area contributed by atoms with E-state index in [1.165, 1.54) is 0 Å². The topological polar surface area (TPSA) is 58.3 Å². The SMILES string of the molecule is NCCCNc1ccccc1O. The molecule has 12 heavy (non-hydrogen) atoms. The predicted molar refractivity (Wildman–Crippen MR) is 50.3 cm³/mol. The van der Waals surface area contributed by atoms with Crippen LogP contribution in [0.25, 0.3) is 0 Å². The monoisotopic (exact) mass is 166 g/mol. The second-order valence-electron chi connectivity index (χ2n) is 2.59. The third-order valence-electron chi connectivity index (χ3n) is 1.60. The minimum atomic E-state index is 0.287. The minimum Gasteiger partial charge on any atom is -0.506 e. The zero-order valence-corrected chi connectivity index (χ0v) is 6.96. The van der Waals surface area contributed by atoms with Gasteiger partial charge < -0.3 is 16.2 Å². The van der Waals surface area contributed by atoms with Crippen molar-refractivity contribution in [3.63, 3.8) is 0 Å². The van der Waals surface area contributed by atoms with Crippen LogP contribution < -0.4 is 11.1 Å². The van der Waals surface area contributed by atoms with Crippen LogP contribution >= 0.6 is 0 Å². The van der Waals surface area contributed by atoms with Crippen LogP contribution in [-0.2, 0) is 0 Å². The van der Waals surface area contributed by atoms with Gasteiger partial charge in [-0.3, -0.25) is 0 Å². The Morgan fingerprint density at radius 3 is 2.75 bits per heavy atom. The van der Waals surface area contributed by atoms with Crippen molar-refractivity contribution < 1.29 is 5.11 Å². The van der Waals surface area contributed by atoms with Crippen LogP contribution in [0.4, 0.5) is 5.69 Å². The van der Waals surface area contributed by atoms with E-state index in [1.54, 1.807) is 12.1 Å². The fourth-order valence-corrected chi connectivity index (χ4v) is 0.948. The van der Waals surface area contributed by atoms with Crippen molar-refractivity contribution in [2.24, 2.45) is 5.73 Å². The van der Waals surface area contributed by atoms with Gasteiger partial charge in [-0.05, 0) is 25.1 Å². The van der Waals surface area contributed by atoms with Gasteiger partial charge >= 0.3 is 0 Å². The van der Waals surface area contributed by atoms with Crippen LogP contribution in [0.15, 0.2) is 24.3 Å². The fraction of sp³-hybridized carbons (Fsp3) is 0.333. The van der Waals surface area contributed by atoms with Crippen LogP contribution in [0.3, 0.4) is 0 Å². The Hall–Kier alpha value is -1.22. The summed E-state index contributed by atoms with van der Waals surface area (Å²) in [5.41, 5.74) is 6.10. The van der Waals surface area contributed by atoms with E-state index in [0.717, 1.165) is 18.7 Å². The maximum Gasteiger partial charge on any atom is 0.138 e. The third kappa shape index (κ3) is 2.43. The number of phenolic OH excluding ortho intramolecular Hbond substituents is 1. The number of anilines is 1. The number of aromatic hydroxyl groups is 1. The van der Waals surface area contributed by atoms with Crippen LogP contribution in [0.2, 0.25) is 0 Å². The van der Waals surface area contributed by atoms with Crippen molar-refractivity contribution in [2.75, 3.05) is 18.4 Å². The molecule has 0 aliphatic carbocycles. The molecule has 0 bridgehead atoms. The van der Waals surface area contributed by atoms with Gasteiger partial charge in [0.25, 0.3) is 0 Å². The summed E-state index contributed by atoms with van der Waals surface area (Å²) < 4.78 is 0. The molecule has 0 fully saturated rings. The fourth-order valence-electron chi connectivity index (χ4n) is 0.948. The number of hydrogen-bond donors (Lipinski definition) is 3. The molecule has 1 aromatic carbocycles. The van der Waals surface area contributed by atoms with E-state index in [2.05, 4.69) is 5.32 Å². The molecule has 0 spiro atoms. The number of nitrogens with two attached hydrogens (primary N) is 1. The summed E-state index contributed by atoms with van der Waals surface area (Å²) in [6, 6.07) is 7.17. The summed E-state index contributed by atoms with van der Waals surface area (Å²) in [6.45, 7) is 1.47. The van der Waals surface area contributed by atoms with Crippen LogP contribution in [0.5, 0.6) is 5.75 Å². The van der Waals surface area contributed by atoms with Gasteiger partial charge in [-0.25, -0.2) is 0 Å². The number of phenols is 1. The van der Waals surface area contributed by atoms with Crippen molar-refractivity contribution in [3.05, 3.63) is 24.3 Å². The molecule has 3 heteroatoms. The van der Waals surface area contributed by atoms with Crippen LogP contribution in [0.1, 0.15) is 6.42 Å². The highest BCUT2D eigenvalue weighted by atomic mass is 16.3. The molecule has 1 rings (SSSR count). The lowest BCUT2D eigenvalue weighted by molar-refractivity contribution is 0.477. The average molecular weight is 166 g/mol. The normalized spacial score (nSPS) is 9.75. The van der Waals surface area contributed by atoms with Crippen molar-refractivity contribution in [1.29, 1.82) is 0 Å². The smallest absolute Gasteiger partial charge is 0.138 e. The average Bonchev–Trinajstić information content (AvgIpc) is 2.09. The molecule has 0 radical (unpaired) electrons. The van der Waals surface area contributed by atoms with Crippen molar-refractivity contribution >= 4 is 5.69 Å². The number of rotatable bonds is 4. The molecule has 0 aromatic heterocycles. The number of hydrogen-bond acceptors (Lipinski definition) is 3. The lowest BCUT2D eigenvalue weighted by Gasteiger charge is -2.06. The molecule has 0 aliphatic rings. The van der Waals surface area contributed by atoms with Gasteiger partial charge in [0.15, 0.2) is 0 Å². The standard InChI is InChI=1S/C9H14N2O/c10-6-3-7-11-8-4-1-2-5-9(8)12/h1-2,4-5,11-12H,3,6-7,10H2. The summed E-state index contributed by atoms with van der Waals surface area (Å²) in [7, 11) is 0. The zero-order chi connectivity index (χ0) is 8.81. The summed E-state index contributed by atoms with van der Waals surface area (Å²) >= 11 is 0. The van der Waals surface area contributed by atoms with Crippen molar-refractivity contribution in [3.8, 4) is 5.75 Å². The Labute approximate surface area is 72.2 Å². The van der Waals surface area contributed by atoms with Gasteiger partial charge in [0, 0.05) is 6.54 Å². The van der Waals surface area contributed by atoms with Crippen molar-refractivity contribution in [1.82, 2.24) is 0 Å². The number of benzene rings is 1. The molecule has 0 heterocycles. The quantitative estimate of drug-likeness (QED) is 0.464.